The average molecular weight is 340 g/mol. The van der Waals surface area contributed by atoms with Crippen molar-refractivity contribution in [1.29, 1.82) is 0 Å². The minimum absolute atomic E-state index is 0.136. The van der Waals surface area contributed by atoms with Crippen LogP contribution in [0.2, 0.25) is 0 Å². The fourth-order valence-corrected chi connectivity index (χ4v) is 2.65. The number of non-ortho nitro benzene ring substituents is 1. The van der Waals surface area contributed by atoms with Crippen LogP contribution < -0.4 is 14.8 Å². The Balaban J connectivity index is 1.68. The highest BCUT2D eigenvalue weighted by Crippen LogP contribution is 2.33. The Bertz CT molecular complexity index is 997. The van der Waals surface area contributed by atoms with Gasteiger partial charge in [0.2, 0.25) is 0 Å². The smallest absolute Gasteiger partial charge is 0.271 e. The zero-order valence-corrected chi connectivity index (χ0v) is 12.8. The van der Waals surface area contributed by atoms with Crippen molar-refractivity contribution >= 4 is 28.2 Å². The molecule has 0 aliphatic carbocycles. The van der Waals surface area contributed by atoms with Crippen LogP contribution in [0.4, 0.5) is 11.4 Å². The number of nitro benzene ring substituents is 1. The van der Waals surface area contributed by atoms with Gasteiger partial charge in [0.15, 0.2) is 11.5 Å². The molecule has 0 saturated heterocycles. The van der Waals surface area contributed by atoms with Crippen molar-refractivity contribution in [3.05, 3.63) is 52.2 Å². The third-order valence-electron chi connectivity index (χ3n) is 3.79. The molecule has 2 heterocycles. The summed E-state index contributed by atoms with van der Waals surface area (Å²) in [5, 5.41) is 20.8. The van der Waals surface area contributed by atoms with Crippen LogP contribution in [-0.2, 0) is 0 Å². The van der Waals surface area contributed by atoms with E-state index in [0.29, 0.717) is 41.3 Å². The summed E-state index contributed by atoms with van der Waals surface area (Å²) < 4.78 is 10.9. The summed E-state index contributed by atoms with van der Waals surface area (Å²) in [6, 6.07) is 7.59. The number of aromatic amines is 1. The molecule has 9 nitrogen and oxygen atoms in total. The van der Waals surface area contributed by atoms with Gasteiger partial charge in [-0.25, -0.2) is 0 Å². The number of benzene rings is 2. The lowest BCUT2D eigenvalue weighted by atomic mass is 10.1. The van der Waals surface area contributed by atoms with E-state index in [1.807, 2.05) is 0 Å². The van der Waals surface area contributed by atoms with Gasteiger partial charge >= 0.3 is 0 Å². The number of rotatable bonds is 3. The molecular weight excluding hydrogens is 328 g/mol. The molecular formula is C16H12N4O5. The number of aromatic nitrogens is 2. The van der Waals surface area contributed by atoms with E-state index in [9.17, 15) is 14.9 Å². The number of anilines is 1. The second kappa shape index (κ2) is 5.78. The first kappa shape index (κ1) is 14.9. The molecule has 1 aliphatic heterocycles. The Kier molecular flexibility index (Phi) is 3.46. The summed E-state index contributed by atoms with van der Waals surface area (Å²) in [5.41, 5.74) is 0.881. The van der Waals surface area contributed by atoms with E-state index in [-0.39, 0.29) is 11.3 Å². The molecule has 2 N–H and O–H groups in total. The number of hydrogen-bond acceptors (Lipinski definition) is 6. The number of nitrogens with zero attached hydrogens (tertiary/aromatic N) is 2. The first-order valence-corrected chi connectivity index (χ1v) is 7.44. The highest BCUT2D eigenvalue weighted by atomic mass is 16.6. The zero-order valence-electron chi connectivity index (χ0n) is 12.8. The van der Waals surface area contributed by atoms with Crippen LogP contribution in [0.5, 0.6) is 11.5 Å². The minimum Gasteiger partial charge on any atom is -0.486 e. The van der Waals surface area contributed by atoms with Gasteiger partial charge in [0, 0.05) is 29.3 Å². The SMILES string of the molecule is O=C(Nc1ccc2c(c1)OCCO2)c1cc([N+](=O)[O-])cc2cn[nH]c12. The third-order valence-corrected chi connectivity index (χ3v) is 3.79. The van der Waals surface area contributed by atoms with Gasteiger partial charge in [-0.05, 0) is 12.1 Å². The summed E-state index contributed by atoms with van der Waals surface area (Å²) in [4.78, 5) is 23.1. The first-order chi connectivity index (χ1) is 12.1. The molecule has 0 atom stereocenters. The Labute approximate surface area is 140 Å². The lowest BCUT2D eigenvalue weighted by Crippen LogP contribution is -2.16. The predicted molar refractivity (Wildman–Crippen MR) is 88.1 cm³/mol. The highest BCUT2D eigenvalue weighted by molar-refractivity contribution is 6.12. The van der Waals surface area contributed by atoms with Gasteiger partial charge in [-0.1, -0.05) is 0 Å². The van der Waals surface area contributed by atoms with Crippen molar-refractivity contribution in [2.75, 3.05) is 18.5 Å². The van der Waals surface area contributed by atoms with E-state index in [1.165, 1.54) is 18.3 Å². The molecule has 1 aliphatic rings. The summed E-state index contributed by atoms with van der Waals surface area (Å²) in [6.07, 6.45) is 1.43. The molecule has 3 aromatic rings. The normalized spacial score (nSPS) is 12.8. The largest absolute Gasteiger partial charge is 0.486 e. The van der Waals surface area contributed by atoms with Crippen molar-refractivity contribution in [3.8, 4) is 11.5 Å². The van der Waals surface area contributed by atoms with E-state index in [2.05, 4.69) is 15.5 Å². The van der Waals surface area contributed by atoms with Gasteiger partial charge in [-0.3, -0.25) is 20.0 Å². The fourth-order valence-electron chi connectivity index (χ4n) is 2.65. The van der Waals surface area contributed by atoms with E-state index < -0.39 is 10.8 Å². The van der Waals surface area contributed by atoms with E-state index in [4.69, 9.17) is 9.47 Å². The molecule has 0 unspecified atom stereocenters. The second-order valence-electron chi connectivity index (χ2n) is 5.40. The molecule has 2 aromatic carbocycles. The molecule has 0 fully saturated rings. The lowest BCUT2D eigenvalue weighted by molar-refractivity contribution is -0.384. The molecule has 126 valence electrons. The number of ether oxygens (including phenoxy) is 2. The second-order valence-corrected chi connectivity index (χ2v) is 5.40. The van der Waals surface area contributed by atoms with Gasteiger partial charge in [-0.2, -0.15) is 5.10 Å². The molecule has 9 heteroatoms. The monoisotopic (exact) mass is 340 g/mol. The Hall–Kier alpha value is -3.62. The molecule has 0 spiro atoms. The number of nitrogens with one attached hydrogen (secondary N) is 2. The maximum Gasteiger partial charge on any atom is 0.271 e. The number of H-pyrrole nitrogens is 1. The number of hydrogen-bond donors (Lipinski definition) is 2. The van der Waals surface area contributed by atoms with Crippen LogP contribution in [0.15, 0.2) is 36.5 Å². The van der Waals surface area contributed by atoms with Crippen LogP contribution >= 0.6 is 0 Å². The predicted octanol–water partition coefficient (Wildman–Crippen LogP) is 2.49. The van der Waals surface area contributed by atoms with Crippen molar-refractivity contribution in [2.45, 2.75) is 0 Å². The molecule has 4 rings (SSSR count). The van der Waals surface area contributed by atoms with Crippen LogP contribution in [0, 0.1) is 10.1 Å². The van der Waals surface area contributed by atoms with Gasteiger partial charge in [-0.15, -0.1) is 0 Å². The van der Waals surface area contributed by atoms with Gasteiger partial charge in [0.1, 0.15) is 13.2 Å². The third kappa shape index (κ3) is 2.71. The first-order valence-electron chi connectivity index (χ1n) is 7.44. The van der Waals surface area contributed by atoms with E-state index in [1.54, 1.807) is 18.2 Å². The molecule has 0 saturated carbocycles. The van der Waals surface area contributed by atoms with Crippen LogP contribution in [0.3, 0.4) is 0 Å². The maximum atomic E-state index is 12.6. The Morgan fingerprint density at radius 3 is 2.80 bits per heavy atom. The molecule has 1 amide bonds. The summed E-state index contributed by atoms with van der Waals surface area (Å²) in [6.45, 7) is 0.911. The minimum atomic E-state index is -0.548. The Morgan fingerprint density at radius 1 is 1.20 bits per heavy atom. The number of fused-ring (bicyclic) bond motifs is 2. The zero-order chi connectivity index (χ0) is 17.4. The molecule has 25 heavy (non-hydrogen) atoms. The number of amides is 1. The number of nitro groups is 1. The summed E-state index contributed by atoms with van der Waals surface area (Å²) in [5.74, 6) is 0.653. The molecule has 0 bridgehead atoms. The maximum absolute atomic E-state index is 12.6. The number of carbonyl (C=O) groups is 1. The quantitative estimate of drug-likeness (QED) is 0.558. The fraction of sp³-hybridized carbons (Fsp3) is 0.125. The van der Waals surface area contributed by atoms with Crippen molar-refractivity contribution in [3.63, 3.8) is 0 Å². The molecule has 0 radical (unpaired) electrons. The summed E-state index contributed by atoms with van der Waals surface area (Å²) >= 11 is 0. The highest BCUT2D eigenvalue weighted by Gasteiger charge is 2.19. The van der Waals surface area contributed by atoms with Crippen molar-refractivity contribution in [2.24, 2.45) is 0 Å². The van der Waals surface area contributed by atoms with Gasteiger partial charge in [0.25, 0.3) is 11.6 Å². The Morgan fingerprint density at radius 2 is 2.00 bits per heavy atom. The van der Waals surface area contributed by atoms with E-state index in [0.717, 1.165) is 0 Å². The summed E-state index contributed by atoms with van der Waals surface area (Å²) in [7, 11) is 0. The standard InChI is InChI=1S/C16H12N4O5/c21-16(18-10-1-2-13-14(6-10)25-4-3-24-13)12-7-11(20(22)23)5-9-8-17-19-15(9)12/h1-2,5-8H,3-4H2,(H,17,19)(H,18,21). The van der Waals surface area contributed by atoms with Crippen molar-refractivity contribution in [1.82, 2.24) is 10.2 Å². The molecule has 1 aromatic heterocycles. The van der Waals surface area contributed by atoms with E-state index >= 15 is 0 Å². The van der Waals surface area contributed by atoms with Crippen molar-refractivity contribution < 1.29 is 19.2 Å². The van der Waals surface area contributed by atoms with Crippen LogP contribution in [0.1, 0.15) is 10.4 Å². The van der Waals surface area contributed by atoms with Crippen LogP contribution in [0.25, 0.3) is 10.9 Å². The average Bonchev–Trinajstić information content (AvgIpc) is 3.09. The van der Waals surface area contributed by atoms with Gasteiger partial charge in [0.05, 0.1) is 22.2 Å². The van der Waals surface area contributed by atoms with Gasteiger partial charge < -0.3 is 14.8 Å². The topological polar surface area (TPSA) is 119 Å². The van der Waals surface area contributed by atoms with Crippen LogP contribution in [-0.4, -0.2) is 34.2 Å². The number of carbonyl (C=O) groups excluding carboxylic acids is 1. The lowest BCUT2D eigenvalue weighted by Gasteiger charge is -2.19.